The van der Waals surface area contributed by atoms with Crippen molar-refractivity contribution in [1.29, 1.82) is 0 Å². The van der Waals surface area contributed by atoms with Crippen molar-refractivity contribution < 1.29 is 9.21 Å². The molecule has 4 aromatic rings. The van der Waals surface area contributed by atoms with Crippen LogP contribution in [0.5, 0.6) is 0 Å². The van der Waals surface area contributed by atoms with Crippen LogP contribution in [-0.2, 0) is 0 Å². The van der Waals surface area contributed by atoms with Crippen LogP contribution in [0.4, 0.5) is 17.5 Å². The van der Waals surface area contributed by atoms with Crippen molar-refractivity contribution in [3.8, 4) is 0 Å². The van der Waals surface area contributed by atoms with E-state index in [4.69, 9.17) is 4.42 Å². The van der Waals surface area contributed by atoms with Crippen molar-refractivity contribution in [2.24, 2.45) is 0 Å². The van der Waals surface area contributed by atoms with E-state index in [1.54, 1.807) is 6.20 Å². The van der Waals surface area contributed by atoms with Gasteiger partial charge in [0.2, 0.25) is 0 Å². The molecule has 1 amide bonds. The number of furan rings is 1. The predicted octanol–water partition coefficient (Wildman–Crippen LogP) is 3.32. The third kappa shape index (κ3) is 3.67. The molecular formula is C22H20N6O2. The Morgan fingerprint density at radius 1 is 0.900 bits per heavy atom. The minimum Gasteiger partial charge on any atom is -0.451 e. The van der Waals surface area contributed by atoms with Gasteiger partial charge in [-0.1, -0.05) is 24.3 Å². The van der Waals surface area contributed by atoms with Gasteiger partial charge in [0.15, 0.2) is 5.76 Å². The highest BCUT2D eigenvalue weighted by molar-refractivity contribution is 5.96. The quantitative estimate of drug-likeness (QED) is 0.562. The zero-order valence-electron chi connectivity index (χ0n) is 16.2. The third-order valence-corrected chi connectivity index (χ3v) is 5.10. The van der Waals surface area contributed by atoms with Crippen LogP contribution < -0.4 is 10.2 Å². The molecule has 0 unspecified atom stereocenters. The van der Waals surface area contributed by atoms with Crippen LogP contribution in [0.1, 0.15) is 10.6 Å². The minimum absolute atomic E-state index is 0.0777. The SMILES string of the molecule is O=C(c1cc2ccccc2o1)N1CCN(c2cc(Nc3ccccn3)ncn2)CC1. The Labute approximate surface area is 173 Å². The summed E-state index contributed by atoms with van der Waals surface area (Å²) >= 11 is 0. The van der Waals surface area contributed by atoms with Crippen molar-refractivity contribution >= 4 is 34.3 Å². The van der Waals surface area contributed by atoms with E-state index < -0.39 is 0 Å². The zero-order chi connectivity index (χ0) is 20.3. The van der Waals surface area contributed by atoms with Crippen molar-refractivity contribution in [1.82, 2.24) is 19.9 Å². The van der Waals surface area contributed by atoms with Gasteiger partial charge >= 0.3 is 0 Å². The van der Waals surface area contributed by atoms with E-state index in [9.17, 15) is 4.79 Å². The number of carbonyl (C=O) groups is 1. The number of rotatable bonds is 4. The molecule has 8 nitrogen and oxygen atoms in total. The molecule has 1 fully saturated rings. The van der Waals surface area contributed by atoms with Gasteiger partial charge in [0.05, 0.1) is 0 Å². The van der Waals surface area contributed by atoms with Crippen LogP contribution in [0, 0.1) is 0 Å². The maximum absolute atomic E-state index is 12.8. The molecule has 1 aliphatic rings. The number of pyridine rings is 1. The summed E-state index contributed by atoms with van der Waals surface area (Å²) in [5.41, 5.74) is 0.730. The molecule has 1 N–H and O–H groups in total. The number of aromatic nitrogens is 3. The van der Waals surface area contributed by atoms with Crippen LogP contribution in [0.15, 0.2) is 71.5 Å². The first kappa shape index (κ1) is 18.1. The summed E-state index contributed by atoms with van der Waals surface area (Å²) in [6, 6.07) is 17.0. The number of amides is 1. The van der Waals surface area contributed by atoms with Crippen LogP contribution in [-0.4, -0.2) is 51.9 Å². The van der Waals surface area contributed by atoms with E-state index in [0.29, 0.717) is 37.8 Å². The normalized spacial score (nSPS) is 14.1. The summed E-state index contributed by atoms with van der Waals surface area (Å²) in [7, 11) is 0. The van der Waals surface area contributed by atoms with Crippen LogP contribution in [0.2, 0.25) is 0 Å². The molecule has 0 spiro atoms. The Morgan fingerprint density at radius 2 is 1.73 bits per heavy atom. The first-order valence-corrected chi connectivity index (χ1v) is 9.79. The highest BCUT2D eigenvalue weighted by Gasteiger charge is 2.25. The van der Waals surface area contributed by atoms with Crippen molar-refractivity contribution in [3.05, 3.63) is 72.9 Å². The monoisotopic (exact) mass is 400 g/mol. The van der Waals surface area contributed by atoms with Gasteiger partial charge in [-0.05, 0) is 24.3 Å². The number of piperazine rings is 1. The number of para-hydroxylation sites is 1. The molecule has 5 rings (SSSR count). The van der Waals surface area contributed by atoms with Gasteiger partial charge in [0.25, 0.3) is 5.91 Å². The second-order valence-corrected chi connectivity index (χ2v) is 7.03. The fourth-order valence-electron chi connectivity index (χ4n) is 3.54. The number of nitrogens with zero attached hydrogens (tertiary/aromatic N) is 5. The van der Waals surface area contributed by atoms with Gasteiger partial charge < -0.3 is 19.5 Å². The number of fused-ring (bicyclic) bond motifs is 1. The Morgan fingerprint density at radius 3 is 2.53 bits per heavy atom. The zero-order valence-corrected chi connectivity index (χ0v) is 16.2. The van der Waals surface area contributed by atoms with E-state index in [1.165, 1.54) is 6.33 Å². The lowest BCUT2D eigenvalue weighted by Crippen LogP contribution is -2.49. The van der Waals surface area contributed by atoms with Crippen LogP contribution in [0.25, 0.3) is 11.0 Å². The Hall–Kier alpha value is -3.94. The first-order chi connectivity index (χ1) is 14.8. The Bertz CT molecular complexity index is 1140. The topological polar surface area (TPSA) is 87.4 Å². The standard InChI is InChI=1S/C22H20N6O2/c29-22(18-13-16-5-1-2-6-17(16)30-18)28-11-9-27(10-12-28)21-14-20(24-15-25-21)26-19-7-3-4-8-23-19/h1-8,13-15H,9-12H2,(H,23,24,25,26). The van der Waals surface area contributed by atoms with Gasteiger partial charge in [-0.3, -0.25) is 4.79 Å². The van der Waals surface area contributed by atoms with Crippen molar-refractivity contribution in [3.63, 3.8) is 0 Å². The lowest BCUT2D eigenvalue weighted by Gasteiger charge is -2.35. The number of nitrogens with one attached hydrogen (secondary N) is 1. The molecule has 4 heterocycles. The molecule has 30 heavy (non-hydrogen) atoms. The molecule has 0 aliphatic carbocycles. The molecule has 1 aromatic carbocycles. The van der Waals surface area contributed by atoms with Gasteiger partial charge in [0, 0.05) is 43.8 Å². The minimum atomic E-state index is -0.0777. The number of hydrogen-bond acceptors (Lipinski definition) is 7. The molecule has 1 aliphatic heterocycles. The fourth-order valence-corrected chi connectivity index (χ4v) is 3.54. The average Bonchev–Trinajstić information content (AvgIpc) is 3.24. The number of anilines is 3. The van der Waals surface area contributed by atoms with Gasteiger partial charge in [-0.2, -0.15) is 0 Å². The molecule has 0 atom stereocenters. The second kappa shape index (κ2) is 7.82. The summed E-state index contributed by atoms with van der Waals surface area (Å²) in [5.74, 6) is 2.53. The summed E-state index contributed by atoms with van der Waals surface area (Å²) in [5, 5.41) is 4.12. The highest BCUT2D eigenvalue weighted by Crippen LogP contribution is 2.22. The average molecular weight is 400 g/mol. The lowest BCUT2D eigenvalue weighted by molar-refractivity contribution is 0.0717. The summed E-state index contributed by atoms with van der Waals surface area (Å²) < 4.78 is 5.73. The highest BCUT2D eigenvalue weighted by atomic mass is 16.3. The second-order valence-electron chi connectivity index (χ2n) is 7.03. The molecule has 150 valence electrons. The van der Waals surface area contributed by atoms with E-state index in [0.717, 1.165) is 22.6 Å². The molecule has 0 radical (unpaired) electrons. The Kier molecular flexibility index (Phi) is 4.72. The van der Waals surface area contributed by atoms with Crippen LogP contribution >= 0.6 is 0 Å². The van der Waals surface area contributed by atoms with Gasteiger partial charge in [-0.15, -0.1) is 0 Å². The molecule has 8 heteroatoms. The largest absolute Gasteiger partial charge is 0.451 e. The van der Waals surface area contributed by atoms with E-state index >= 15 is 0 Å². The maximum atomic E-state index is 12.8. The summed E-state index contributed by atoms with van der Waals surface area (Å²) in [4.78, 5) is 29.7. The van der Waals surface area contributed by atoms with Gasteiger partial charge in [-0.25, -0.2) is 15.0 Å². The summed E-state index contributed by atoms with van der Waals surface area (Å²) in [6.07, 6.45) is 3.26. The number of hydrogen-bond donors (Lipinski definition) is 1. The lowest BCUT2D eigenvalue weighted by atomic mass is 10.2. The fraction of sp³-hybridized carbons (Fsp3) is 0.182. The molecule has 0 bridgehead atoms. The van der Waals surface area contributed by atoms with Gasteiger partial charge in [0.1, 0.15) is 29.4 Å². The molecule has 1 saturated heterocycles. The van der Waals surface area contributed by atoms with Crippen molar-refractivity contribution in [2.75, 3.05) is 36.4 Å². The predicted molar refractivity (Wildman–Crippen MR) is 114 cm³/mol. The van der Waals surface area contributed by atoms with E-state index in [2.05, 4.69) is 25.2 Å². The smallest absolute Gasteiger partial charge is 0.289 e. The molecule has 0 saturated carbocycles. The van der Waals surface area contributed by atoms with Crippen molar-refractivity contribution in [2.45, 2.75) is 0 Å². The number of benzene rings is 1. The Balaban J connectivity index is 1.24. The van der Waals surface area contributed by atoms with Crippen LogP contribution in [0.3, 0.4) is 0 Å². The van der Waals surface area contributed by atoms with E-state index in [1.807, 2.05) is 59.5 Å². The maximum Gasteiger partial charge on any atom is 0.289 e. The first-order valence-electron chi connectivity index (χ1n) is 9.79. The molecular weight excluding hydrogens is 380 g/mol. The summed E-state index contributed by atoms with van der Waals surface area (Å²) in [6.45, 7) is 2.57. The number of carbonyl (C=O) groups excluding carboxylic acids is 1. The van der Waals surface area contributed by atoms with E-state index in [-0.39, 0.29) is 5.91 Å². The third-order valence-electron chi connectivity index (χ3n) is 5.10. The molecule has 3 aromatic heterocycles.